The number of rotatable bonds is 12. The first-order valence-electron chi connectivity index (χ1n) is 11.4. The fourth-order valence-electron chi connectivity index (χ4n) is 3.66. The molecule has 1 aliphatic carbocycles. The molecule has 0 saturated carbocycles. The first-order chi connectivity index (χ1) is 16.8. The van der Waals surface area contributed by atoms with Gasteiger partial charge in [0.15, 0.2) is 0 Å². The molecule has 1 unspecified atom stereocenters. The van der Waals surface area contributed by atoms with Gasteiger partial charge in [-0.2, -0.15) is 0 Å². The zero-order chi connectivity index (χ0) is 25.2. The normalized spacial score (nSPS) is 13.5. The minimum atomic E-state index is -1.09. The SMILES string of the molecule is NC(=O)CNC(=O)C(CCC(=O)O)NC(=O)CCc1ccc(-c2cc(C3=CCCC=C3)cs2)cc1. The lowest BCUT2D eigenvalue weighted by Crippen LogP contribution is -2.48. The number of hydrogen-bond donors (Lipinski definition) is 4. The minimum absolute atomic E-state index is 0.0874. The quantitative estimate of drug-likeness (QED) is 0.358. The van der Waals surface area contributed by atoms with E-state index in [-0.39, 0.29) is 31.7 Å². The zero-order valence-corrected chi connectivity index (χ0v) is 20.1. The number of aryl methyl sites for hydroxylation is 1. The number of primary amides is 1. The van der Waals surface area contributed by atoms with Gasteiger partial charge in [0.2, 0.25) is 17.7 Å². The summed E-state index contributed by atoms with van der Waals surface area (Å²) in [5.74, 6) is -2.84. The Hall–Kier alpha value is -3.72. The molecule has 35 heavy (non-hydrogen) atoms. The van der Waals surface area contributed by atoms with Crippen LogP contribution in [-0.2, 0) is 25.6 Å². The predicted molar refractivity (Wildman–Crippen MR) is 135 cm³/mol. The fraction of sp³-hybridized carbons (Fsp3) is 0.308. The predicted octanol–water partition coefficient (Wildman–Crippen LogP) is 3.03. The molecular weight excluding hydrogens is 466 g/mol. The maximum absolute atomic E-state index is 12.4. The maximum Gasteiger partial charge on any atom is 0.303 e. The van der Waals surface area contributed by atoms with Gasteiger partial charge in [-0.3, -0.25) is 19.2 Å². The fourth-order valence-corrected chi connectivity index (χ4v) is 4.59. The highest BCUT2D eigenvalue weighted by atomic mass is 32.1. The number of nitrogens with one attached hydrogen (secondary N) is 2. The van der Waals surface area contributed by atoms with Crippen molar-refractivity contribution in [1.82, 2.24) is 10.6 Å². The number of aliphatic carboxylic acids is 1. The molecule has 0 radical (unpaired) electrons. The van der Waals surface area contributed by atoms with E-state index in [2.05, 4.69) is 40.3 Å². The van der Waals surface area contributed by atoms with Crippen molar-refractivity contribution in [2.75, 3.05) is 6.54 Å². The molecule has 8 nitrogen and oxygen atoms in total. The van der Waals surface area contributed by atoms with Gasteiger partial charge in [0.05, 0.1) is 6.54 Å². The maximum atomic E-state index is 12.4. The van der Waals surface area contributed by atoms with Crippen LogP contribution in [0.5, 0.6) is 0 Å². The summed E-state index contributed by atoms with van der Waals surface area (Å²) >= 11 is 1.69. The second-order valence-electron chi connectivity index (χ2n) is 8.27. The number of nitrogens with two attached hydrogens (primary N) is 1. The molecule has 0 spiro atoms. The van der Waals surface area contributed by atoms with Crippen LogP contribution < -0.4 is 16.4 Å². The molecule has 1 aromatic heterocycles. The molecule has 1 atom stereocenters. The van der Waals surface area contributed by atoms with E-state index in [0.29, 0.717) is 6.42 Å². The Balaban J connectivity index is 1.54. The van der Waals surface area contributed by atoms with Crippen molar-refractivity contribution in [3.05, 3.63) is 65.1 Å². The number of carbonyl (C=O) groups is 4. The number of allylic oxidation sites excluding steroid dienone is 4. The van der Waals surface area contributed by atoms with Gasteiger partial charge < -0.3 is 21.5 Å². The summed E-state index contributed by atoms with van der Waals surface area (Å²) in [5, 5.41) is 15.9. The Labute approximate surface area is 207 Å². The molecule has 184 valence electrons. The third kappa shape index (κ3) is 8.22. The number of amides is 3. The van der Waals surface area contributed by atoms with Crippen LogP contribution in [0.15, 0.2) is 53.9 Å². The summed E-state index contributed by atoms with van der Waals surface area (Å²) in [6.07, 6.45) is 8.99. The first-order valence-corrected chi connectivity index (χ1v) is 12.3. The number of benzene rings is 1. The summed E-state index contributed by atoms with van der Waals surface area (Å²) in [5.41, 5.74) is 9.57. The lowest BCUT2D eigenvalue weighted by Gasteiger charge is -2.17. The highest BCUT2D eigenvalue weighted by Crippen LogP contribution is 2.32. The van der Waals surface area contributed by atoms with Crippen LogP contribution in [0, 0.1) is 0 Å². The Morgan fingerprint density at radius 2 is 1.83 bits per heavy atom. The topological polar surface area (TPSA) is 139 Å². The van der Waals surface area contributed by atoms with Crippen LogP contribution in [-0.4, -0.2) is 41.4 Å². The Morgan fingerprint density at radius 3 is 2.49 bits per heavy atom. The second kappa shape index (κ2) is 12.7. The van der Waals surface area contributed by atoms with Gasteiger partial charge in [-0.25, -0.2) is 0 Å². The van der Waals surface area contributed by atoms with Crippen LogP contribution in [0.4, 0.5) is 0 Å². The zero-order valence-electron chi connectivity index (χ0n) is 19.3. The second-order valence-corrected chi connectivity index (χ2v) is 9.18. The smallest absolute Gasteiger partial charge is 0.303 e. The van der Waals surface area contributed by atoms with Crippen molar-refractivity contribution in [3.8, 4) is 10.4 Å². The van der Waals surface area contributed by atoms with E-state index < -0.39 is 23.8 Å². The highest BCUT2D eigenvalue weighted by Gasteiger charge is 2.22. The first kappa shape index (κ1) is 25.9. The molecule has 0 bridgehead atoms. The summed E-state index contributed by atoms with van der Waals surface area (Å²) < 4.78 is 0. The van der Waals surface area contributed by atoms with Gasteiger partial charge in [-0.1, -0.05) is 42.5 Å². The Morgan fingerprint density at radius 1 is 1.06 bits per heavy atom. The Bertz CT molecular complexity index is 1130. The molecule has 2 aromatic rings. The molecule has 3 amide bonds. The number of carboxylic acid groups (broad SMARTS) is 1. The van der Waals surface area contributed by atoms with Crippen molar-refractivity contribution in [2.24, 2.45) is 5.73 Å². The van der Waals surface area contributed by atoms with Gasteiger partial charge in [-0.15, -0.1) is 11.3 Å². The summed E-state index contributed by atoms with van der Waals surface area (Å²) in [6, 6.07) is 9.14. The van der Waals surface area contributed by atoms with Crippen LogP contribution in [0.25, 0.3) is 16.0 Å². The molecule has 1 aromatic carbocycles. The van der Waals surface area contributed by atoms with Crippen molar-refractivity contribution < 1.29 is 24.3 Å². The molecule has 3 rings (SSSR count). The molecule has 1 aliphatic rings. The van der Waals surface area contributed by atoms with Crippen LogP contribution in [0.3, 0.4) is 0 Å². The van der Waals surface area contributed by atoms with Crippen LogP contribution >= 0.6 is 11.3 Å². The van der Waals surface area contributed by atoms with E-state index in [9.17, 15) is 19.2 Å². The Kier molecular flexibility index (Phi) is 9.37. The molecule has 5 N–H and O–H groups in total. The number of thiophene rings is 1. The third-order valence-corrected chi connectivity index (χ3v) is 6.52. The van der Waals surface area contributed by atoms with Gasteiger partial charge >= 0.3 is 5.97 Å². The summed E-state index contributed by atoms with van der Waals surface area (Å²) in [6.45, 7) is -0.384. The van der Waals surface area contributed by atoms with Crippen LogP contribution in [0.1, 0.15) is 43.2 Å². The van der Waals surface area contributed by atoms with E-state index in [1.807, 2.05) is 24.3 Å². The van der Waals surface area contributed by atoms with E-state index in [1.54, 1.807) is 11.3 Å². The molecule has 0 aliphatic heterocycles. The summed E-state index contributed by atoms with van der Waals surface area (Å²) in [7, 11) is 0. The number of carboxylic acids is 1. The van der Waals surface area contributed by atoms with Crippen molar-refractivity contribution in [1.29, 1.82) is 0 Å². The lowest BCUT2D eigenvalue weighted by molar-refractivity contribution is -0.138. The van der Waals surface area contributed by atoms with Gasteiger partial charge in [0.25, 0.3) is 0 Å². The van der Waals surface area contributed by atoms with Crippen LogP contribution in [0.2, 0.25) is 0 Å². The number of carbonyl (C=O) groups excluding carboxylic acids is 3. The largest absolute Gasteiger partial charge is 0.481 e. The van der Waals surface area contributed by atoms with Gasteiger partial charge in [0, 0.05) is 17.7 Å². The van der Waals surface area contributed by atoms with Crippen molar-refractivity contribution >= 4 is 40.6 Å². The lowest BCUT2D eigenvalue weighted by atomic mass is 10.0. The standard InChI is InChI=1S/C26H29N3O5S/c27-23(30)15-28-26(34)21(11-13-25(32)33)29-24(31)12-8-17-6-9-19(10-7-17)22-14-20(16-35-22)18-4-2-1-3-5-18/h2,4-7,9-10,14,16,21H,1,3,8,11-13,15H2,(H2,27,30)(H,28,34)(H,29,31)(H,32,33). The van der Waals surface area contributed by atoms with Crippen molar-refractivity contribution in [2.45, 2.75) is 44.6 Å². The van der Waals surface area contributed by atoms with Crippen molar-refractivity contribution in [3.63, 3.8) is 0 Å². The van der Waals surface area contributed by atoms with E-state index in [1.165, 1.54) is 16.0 Å². The minimum Gasteiger partial charge on any atom is -0.481 e. The molecule has 0 fully saturated rings. The van der Waals surface area contributed by atoms with E-state index in [4.69, 9.17) is 10.8 Å². The number of hydrogen-bond acceptors (Lipinski definition) is 5. The van der Waals surface area contributed by atoms with Gasteiger partial charge in [0.1, 0.15) is 6.04 Å². The molecule has 0 saturated heterocycles. The monoisotopic (exact) mass is 495 g/mol. The average molecular weight is 496 g/mol. The molecule has 1 heterocycles. The van der Waals surface area contributed by atoms with E-state index >= 15 is 0 Å². The van der Waals surface area contributed by atoms with Gasteiger partial charge in [-0.05, 0) is 59.4 Å². The highest BCUT2D eigenvalue weighted by molar-refractivity contribution is 7.13. The average Bonchev–Trinajstić information content (AvgIpc) is 3.35. The summed E-state index contributed by atoms with van der Waals surface area (Å²) in [4.78, 5) is 47.6. The third-order valence-electron chi connectivity index (χ3n) is 5.54. The molecular formula is C26H29N3O5S. The molecule has 9 heteroatoms. The van der Waals surface area contributed by atoms with E-state index in [0.717, 1.165) is 24.0 Å².